The van der Waals surface area contributed by atoms with Crippen LogP contribution in [-0.2, 0) is 21.2 Å². The maximum Gasteiger partial charge on any atom is 0.243 e. The molecule has 0 aliphatic heterocycles. The predicted molar refractivity (Wildman–Crippen MR) is 106 cm³/mol. The number of nitrogens with one attached hydrogen (secondary N) is 1. The fourth-order valence-electron chi connectivity index (χ4n) is 2.93. The zero-order chi connectivity index (χ0) is 20.0. The smallest absolute Gasteiger partial charge is 0.243 e. The number of hydrogen-bond acceptors (Lipinski definition) is 3. The molecule has 0 bridgehead atoms. The van der Waals surface area contributed by atoms with E-state index in [-0.39, 0.29) is 5.69 Å². The quantitative estimate of drug-likeness (QED) is 0.702. The summed E-state index contributed by atoms with van der Waals surface area (Å²) in [6, 6.07) is 12.6. The van der Waals surface area contributed by atoms with E-state index in [1.807, 2.05) is 25.1 Å². The van der Waals surface area contributed by atoms with Crippen molar-refractivity contribution in [2.75, 3.05) is 17.1 Å². The fraction of sp³-hybridized carbons (Fsp3) is 0.350. The lowest BCUT2D eigenvalue weighted by atomic mass is 10.1. The van der Waals surface area contributed by atoms with E-state index in [0.717, 1.165) is 23.4 Å². The highest BCUT2D eigenvalue weighted by Crippen LogP contribution is 2.24. The Morgan fingerprint density at radius 2 is 1.89 bits per heavy atom. The Morgan fingerprint density at radius 1 is 1.19 bits per heavy atom. The Balaban J connectivity index is 2.00. The molecule has 5 nitrogen and oxygen atoms in total. The first-order valence-electron chi connectivity index (χ1n) is 8.77. The van der Waals surface area contributed by atoms with Crippen LogP contribution in [0.4, 0.5) is 10.1 Å². The SMILES string of the molecule is Cc1cccc(CCCNC(=O)C(C)N(c2ccccc2F)S(C)(=O)=O)c1. The summed E-state index contributed by atoms with van der Waals surface area (Å²) in [5.74, 6) is -1.16. The molecule has 0 aliphatic rings. The normalized spacial score (nSPS) is 12.4. The van der Waals surface area contributed by atoms with Crippen LogP contribution >= 0.6 is 0 Å². The van der Waals surface area contributed by atoms with Gasteiger partial charge in [-0.15, -0.1) is 0 Å². The first-order valence-corrected chi connectivity index (χ1v) is 10.6. The maximum atomic E-state index is 14.1. The molecule has 27 heavy (non-hydrogen) atoms. The van der Waals surface area contributed by atoms with Crippen molar-refractivity contribution in [2.45, 2.75) is 32.7 Å². The number of anilines is 1. The van der Waals surface area contributed by atoms with Gasteiger partial charge in [0.1, 0.15) is 11.9 Å². The second kappa shape index (κ2) is 8.99. The average Bonchev–Trinajstić information content (AvgIpc) is 2.59. The van der Waals surface area contributed by atoms with E-state index in [1.54, 1.807) is 0 Å². The summed E-state index contributed by atoms with van der Waals surface area (Å²) in [5, 5.41) is 2.74. The number of hydrogen-bond donors (Lipinski definition) is 1. The lowest BCUT2D eigenvalue weighted by Crippen LogP contribution is -2.48. The number of aryl methyl sites for hydroxylation is 2. The molecule has 0 spiro atoms. The largest absolute Gasteiger partial charge is 0.354 e. The molecule has 2 rings (SSSR count). The Hall–Kier alpha value is -2.41. The number of para-hydroxylation sites is 1. The van der Waals surface area contributed by atoms with E-state index < -0.39 is 27.8 Å². The summed E-state index contributed by atoms with van der Waals surface area (Å²) in [4.78, 5) is 12.4. The monoisotopic (exact) mass is 392 g/mol. The molecule has 146 valence electrons. The summed E-state index contributed by atoms with van der Waals surface area (Å²) >= 11 is 0. The molecule has 7 heteroatoms. The van der Waals surface area contributed by atoms with Gasteiger partial charge in [-0.3, -0.25) is 9.10 Å². The van der Waals surface area contributed by atoms with E-state index in [0.29, 0.717) is 6.54 Å². The highest BCUT2D eigenvalue weighted by Gasteiger charge is 2.30. The van der Waals surface area contributed by atoms with Crippen molar-refractivity contribution in [3.05, 3.63) is 65.5 Å². The van der Waals surface area contributed by atoms with Crippen molar-refractivity contribution in [1.82, 2.24) is 5.32 Å². The molecule has 1 atom stereocenters. The molecule has 0 heterocycles. The molecular formula is C20H25FN2O3S. The van der Waals surface area contributed by atoms with Crippen LogP contribution in [0, 0.1) is 12.7 Å². The molecule has 0 saturated carbocycles. The second-order valence-corrected chi connectivity index (χ2v) is 8.43. The van der Waals surface area contributed by atoms with E-state index in [4.69, 9.17) is 0 Å². The summed E-state index contributed by atoms with van der Waals surface area (Å²) in [6.45, 7) is 3.88. The Kier molecular flexibility index (Phi) is 6.96. The minimum absolute atomic E-state index is 0.137. The third kappa shape index (κ3) is 5.79. The van der Waals surface area contributed by atoms with Crippen LogP contribution in [0.25, 0.3) is 0 Å². The fourth-order valence-corrected chi connectivity index (χ4v) is 4.11. The van der Waals surface area contributed by atoms with Crippen LogP contribution in [0.2, 0.25) is 0 Å². The van der Waals surface area contributed by atoms with Gasteiger partial charge in [-0.1, -0.05) is 42.0 Å². The van der Waals surface area contributed by atoms with Crippen LogP contribution in [0.5, 0.6) is 0 Å². The number of carbonyl (C=O) groups excluding carboxylic acids is 1. The predicted octanol–water partition coefficient (Wildman–Crippen LogP) is 3.04. The van der Waals surface area contributed by atoms with Crippen LogP contribution in [-0.4, -0.2) is 33.2 Å². The van der Waals surface area contributed by atoms with Gasteiger partial charge in [0.15, 0.2) is 0 Å². The van der Waals surface area contributed by atoms with Gasteiger partial charge < -0.3 is 5.32 Å². The third-order valence-electron chi connectivity index (χ3n) is 4.20. The minimum Gasteiger partial charge on any atom is -0.354 e. The molecule has 0 aromatic heterocycles. The number of nitrogens with zero attached hydrogens (tertiary/aromatic N) is 1. The van der Waals surface area contributed by atoms with Crippen molar-refractivity contribution in [3.8, 4) is 0 Å². The molecule has 2 aromatic carbocycles. The summed E-state index contributed by atoms with van der Waals surface area (Å²) < 4.78 is 39.2. The Morgan fingerprint density at radius 3 is 2.52 bits per heavy atom. The number of rotatable bonds is 8. The van der Waals surface area contributed by atoms with Crippen molar-refractivity contribution >= 4 is 21.6 Å². The van der Waals surface area contributed by atoms with Crippen molar-refractivity contribution in [1.29, 1.82) is 0 Å². The lowest BCUT2D eigenvalue weighted by Gasteiger charge is -2.28. The summed E-state index contributed by atoms with van der Waals surface area (Å²) in [6.07, 6.45) is 2.49. The van der Waals surface area contributed by atoms with Crippen molar-refractivity contribution < 1.29 is 17.6 Å². The molecule has 1 amide bonds. The first kappa shape index (κ1) is 20.9. The van der Waals surface area contributed by atoms with Gasteiger partial charge in [-0.2, -0.15) is 0 Å². The van der Waals surface area contributed by atoms with E-state index >= 15 is 0 Å². The molecule has 0 radical (unpaired) electrons. The molecule has 0 aliphatic carbocycles. The van der Waals surface area contributed by atoms with Gasteiger partial charge in [-0.05, 0) is 44.4 Å². The summed E-state index contributed by atoms with van der Waals surface area (Å²) in [7, 11) is -3.83. The van der Waals surface area contributed by atoms with Gasteiger partial charge in [0, 0.05) is 6.54 Å². The molecule has 1 unspecified atom stereocenters. The number of amides is 1. The molecule has 1 N–H and O–H groups in total. The molecular weight excluding hydrogens is 367 g/mol. The topological polar surface area (TPSA) is 66.5 Å². The number of halogens is 1. The number of sulfonamides is 1. The maximum absolute atomic E-state index is 14.1. The second-order valence-electron chi connectivity index (χ2n) is 6.57. The van der Waals surface area contributed by atoms with E-state index in [9.17, 15) is 17.6 Å². The zero-order valence-electron chi connectivity index (χ0n) is 15.8. The third-order valence-corrected chi connectivity index (χ3v) is 5.43. The highest BCUT2D eigenvalue weighted by atomic mass is 32.2. The Bertz CT molecular complexity index is 900. The van der Waals surface area contributed by atoms with Crippen LogP contribution in [0.1, 0.15) is 24.5 Å². The minimum atomic E-state index is -3.83. The summed E-state index contributed by atoms with van der Waals surface area (Å²) in [5.41, 5.74) is 2.22. The van der Waals surface area contributed by atoms with Gasteiger partial charge in [-0.25, -0.2) is 12.8 Å². The van der Waals surface area contributed by atoms with Crippen molar-refractivity contribution in [2.24, 2.45) is 0 Å². The molecule has 0 fully saturated rings. The van der Waals surface area contributed by atoms with Gasteiger partial charge in [0.25, 0.3) is 0 Å². The van der Waals surface area contributed by atoms with E-state index in [2.05, 4.69) is 11.4 Å². The van der Waals surface area contributed by atoms with Crippen LogP contribution < -0.4 is 9.62 Å². The van der Waals surface area contributed by atoms with Crippen molar-refractivity contribution in [3.63, 3.8) is 0 Å². The number of carbonyl (C=O) groups is 1. The van der Waals surface area contributed by atoms with Crippen LogP contribution in [0.15, 0.2) is 48.5 Å². The zero-order valence-corrected chi connectivity index (χ0v) is 16.6. The van der Waals surface area contributed by atoms with Gasteiger partial charge in [0.05, 0.1) is 11.9 Å². The van der Waals surface area contributed by atoms with E-state index in [1.165, 1.54) is 42.3 Å². The van der Waals surface area contributed by atoms with Gasteiger partial charge >= 0.3 is 0 Å². The van der Waals surface area contributed by atoms with Gasteiger partial charge in [0.2, 0.25) is 15.9 Å². The standard InChI is InChI=1S/C20H25FN2O3S/c1-15-8-6-9-17(14-15)10-7-13-22-20(24)16(2)23(27(3,25)26)19-12-5-4-11-18(19)21/h4-6,8-9,11-12,14,16H,7,10,13H2,1-3H3,(H,22,24). The first-order chi connectivity index (χ1) is 12.7. The highest BCUT2D eigenvalue weighted by molar-refractivity contribution is 7.92. The molecule has 2 aromatic rings. The van der Waals surface area contributed by atoms with Crippen LogP contribution in [0.3, 0.4) is 0 Å². The Labute approximate surface area is 160 Å². The molecule has 0 saturated heterocycles. The lowest BCUT2D eigenvalue weighted by molar-refractivity contribution is -0.121. The average molecular weight is 392 g/mol. The number of benzene rings is 2.